The third kappa shape index (κ3) is 7.34. The van der Waals surface area contributed by atoms with Crippen molar-refractivity contribution >= 4 is 0 Å². The fourth-order valence-electron chi connectivity index (χ4n) is 2.32. The standard InChI is InChI=1S/C15H30O3/c1-12(2)18-14-8-6-7-13(11-14)16-9-10-17-15(3,4)5/h12-14H,6-11H2,1-5H3/t13-,14-/m1/s1. The summed E-state index contributed by atoms with van der Waals surface area (Å²) in [4.78, 5) is 0. The fraction of sp³-hybridized carbons (Fsp3) is 1.00. The van der Waals surface area contributed by atoms with E-state index >= 15 is 0 Å². The molecule has 1 fully saturated rings. The van der Waals surface area contributed by atoms with Gasteiger partial charge < -0.3 is 14.2 Å². The molecule has 1 saturated carbocycles. The molecule has 0 aromatic rings. The molecule has 0 bridgehead atoms. The summed E-state index contributed by atoms with van der Waals surface area (Å²) in [7, 11) is 0. The van der Waals surface area contributed by atoms with E-state index in [1.165, 1.54) is 12.8 Å². The number of hydrogen-bond donors (Lipinski definition) is 0. The topological polar surface area (TPSA) is 27.7 Å². The molecule has 108 valence electrons. The monoisotopic (exact) mass is 258 g/mol. The van der Waals surface area contributed by atoms with Crippen molar-refractivity contribution in [3.8, 4) is 0 Å². The largest absolute Gasteiger partial charge is 0.376 e. The minimum absolute atomic E-state index is 0.0702. The molecular weight excluding hydrogens is 228 g/mol. The molecule has 0 unspecified atom stereocenters. The Hall–Kier alpha value is -0.120. The van der Waals surface area contributed by atoms with E-state index in [9.17, 15) is 0 Å². The number of rotatable bonds is 6. The van der Waals surface area contributed by atoms with E-state index in [4.69, 9.17) is 14.2 Å². The minimum Gasteiger partial charge on any atom is -0.376 e. The zero-order chi connectivity index (χ0) is 13.6. The molecule has 0 aromatic heterocycles. The van der Waals surface area contributed by atoms with Crippen molar-refractivity contribution in [2.24, 2.45) is 0 Å². The summed E-state index contributed by atoms with van der Waals surface area (Å²) in [6, 6.07) is 0. The Morgan fingerprint density at radius 3 is 2.33 bits per heavy atom. The molecule has 0 saturated heterocycles. The van der Waals surface area contributed by atoms with Crippen LogP contribution >= 0.6 is 0 Å². The second-order valence-corrected chi connectivity index (χ2v) is 6.43. The molecule has 1 aliphatic carbocycles. The van der Waals surface area contributed by atoms with E-state index < -0.39 is 0 Å². The first-order valence-electron chi connectivity index (χ1n) is 7.28. The van der Waals surface area contributed by atoms with Gasteiger partial charge in [0.05, 0.1) is 37.1 Å². The normalized spacial score (nSPS) is 25.7. The third-order valence-electron chi connectivity index (χ3n) is 3.01. The van der Waals surface area contributed by atoms with Gasteiger partial charge in [0.15, 0.2) is 0 Å². The van der Waals surface area contributed by atoms with Gasteiger partial charge in [0.25, 0.3) is 0 Å². The van der Waals surface area contributed by atoms with Gasteiger partial charge in [-0.25, -0.2) is 0 Å². The molecule has 3 heteroatoms. The molecule has 0 heterocycles. The second kappa shape index (κ2) is 7.46. The molecule has 0 spiro atoms. The van der Waals surface area contributed by atoms with E-state index in [2.05, 4.69) is 34.6 Å². The molecule has 3 nitrogen and oxygen atoms in total. The van der Waals surface area contributed by atoms with Crippen molar-refractivity contribution < 1.29 is 14.2 Å². The highest BCUT2D eigenvalue weighted by molar-refractivity contribution is 4.74. The van der Waals surface area contributed by atoms with Crippen molar-refractivity contribution in [2.45, 2.75) is 84.2 Å². The highest BCUT2D eigenvalue weighted by Crippen LogP contribution is 2.24. The molecule has 1 rings (SSSR count). The van der Waals surface area contributed by atoms with Gasteiger partial charge in [-0.05, 0) is 60.3 Å². The van der Waals surface area contributed by atoms with Crippen LogP contribution in [0.15, 0.2) is 0 Å². The molecule has 0 radical (unpaired) electrons. The van der Waals surface area contributed by atoms with Crippen LogP contribution in [-0.2, 0) is 14.2 Å². The van der Waals surface area contributed by atoms with Gasteiger partial charge in [0.2, 0.25) is 0 Å². The molecule has 2 atom stereocenters. The van der Waals surface area contributed by atoms with E-state index in [-0.39, 0.29) is 5.60 Å². The number of hydrogen-bond acceptors (Lipinski definition) is 3. The van der Waals surface area contributed by atoms with Crippen LogP contribution in [0, 0.1) is 0 Å². The summed E-state index contributed by atoms with van der Waals surface area (Å²) in [6.07, 6.45) is 5.64. The van der Waals surface area contributed by atoms with Crippen molar-refractivity contribution in [3.05, 3.63) is 0 Å². The van der Waals surface area contributed by atoms with E-state index in [0.717, 1.165) is 12.8 Å². The van der Waals surface area contributed by atoms with Gasteiger partial charge in [-0.15, -0.1) is 0 Å². The van der Waals surface area contributed by atoms with Crippen LogP contribution in [-0.4, -0.2) is 37.1 Å². The number of ether oxygens (including phenoxy) is 3. The molecule has 18 heavy (non-hydrogen) atoms. The van der Waals surface area contributed by atoms with Crippen LogP contribution < -0.4 is 0 Å². The quantitative estimate of drug-likeness (QED) is 0.682. The van der Waals surface area contributed by atoms with Crippen molar-refractivity contribution in [3.63, 3.8) is 0 Å². The van der Waals surface area contributed by atoms with Crippen molar-refractivity contribution in [1.82, 2.24) is 0 Å². The summed E-state index contributed by atoms with van der Waals surface area (Å²) >= 11 is 0. The van der Waals surface area contributed by atoms with Gasteiger partial charge >= 0.3 is 0 Å². The lowest BCUT2D eigenvalue weighted by molar-refractivity contribution is -0.0870. The molecule has 0 aliphatic heterocycles. The molecule has 1 aliphatic rings. The van der Waals surface area contributed by atoms with E-state index in [0.29, 0.717) is 31.5 Å². The summed E-state index contributed by atoms with van der Waals surface area (Å²) < 4.78 is 17.4. The van der Waals surface area contributed by atoms with Gasteiger partial charge in [-0.3, -0.25) is 0 Å². The predicted octanol–water partition coefficient (Wildman–Crippen LogP) is 3.55. The second-order valence-electron chi connectivity index (χ2n) is 6.43. The van der Waals surface area contributed by atoms with E-state index in [1.54, 1.807) is 0 Å². The van der Waals surface area contributed by atoms with E-state index in [1.807, 2.05) is 0 Å². The van der Waals surface area contributed by atoms with Gasteiger partial charge in [-0.1, -0.05) is 0 Å². The zero-order valence-electron chi connectivity index (χ0n) is 12.7. The Kier molecular flexibility index (Phi) is 6.61. The Balaban J connectivity index is 2.14. The van der Waals surface area contributed by atoms with Crippen LogP contribution in [0.1, 0.15) is 60.3 Å². The maximum absolute atomic E-state index is 5.89. The van der Waals surface area contributed by atoms with Crippen LogP contribution in [0.2, 0.25) is 0 Å². The maximum atomic E-state index is 5.89. The van der Waals surface area contributed by atoms with Crippen molar-refractivity contribution in [2.75, 3.05) is 13.2 Å². The predicted molar refractivity (Wildman–Crippen MR) is 73.9 cm³/mol. The first-order valence-corrected chi connectivity index (χ1v) is 7.28. The third-order valence-corrected chi connectivity index (χ3v) is 3.01. The lowest BCUT2D eigenvalue weighted by Gasteiger charge is -2.30. The summed E-state index contributed by atoms with van der Waals surface area (Å²) in [5.74, 6) is 0. The summed E-state index contributed by atoms with van der Waals surface area (Å²) in [5, 5.41) is 0. The smallest absolute Gasteiger partial charge is 0.0707 e. The first kappa shape index (κ1) is 15.9. The lowest BCUT2D eigenvalue weighted by atomic mass is 9.95. The summed E-state index contributed by atoms with van der Waals surface area (Å²) in [6.45, 7) is 11.8. The van der Waals surface area contributed by atoms with Crippen LogP contribution in [0.5, 0.6) is 0 Å². The van der Waals surface area contributed by atoms with Crippen LogP contribution in [0.25, 0.3) is 0 Å². The average molecular weight is 258 g/mol. The summed E-state index contributed by atoms with van der Waals surface area (Å²) in [5.41, 5.74) is -0.0702. The first-order chi connectivity index (χ1) is 8.37. The van der Waals surface area contributed by atoms with Gasteiger partial charge in [-0.2, -0.15) is 0 Å². The van der Waals surface area contributed by atoms with Crippen LogP contribution in [0.3, 0.4) is 0 Å². The van der Waals surface area contributed by atoms with Crippen LogP contribution in [0.4, 0.5) is 0 Å². The molecular formula is C15H30O3. The molecule has 0 N–H and O–H groups in total. The SMILES string of the molecule is CC(C)O[C@@H]1CCC[C@@H](OCCOC(C)(C)C)C1. The lowest BCUT2D eigenvalue weighted by Crippen LogP contribution is -2.31. The Labute approximate surface area is 112 Å². The van der Waals surface area contributed by atoms with Gasteiger partial charge in [0.1, 0.15) is 0 Å². The highest BCUT2D eigenvalue weighted by Gasteiger charge is 2.23. The maximum Gasteiger partial charge on any atom is 0.0707 e. The molecule has 0 aromatic carbocycles. The highest BCUT2D eigenvalue weighted by atomic mass is 16.5. The Bertz CT molecular complexity index is 220. The fourth-order valence-corrected chi connectivity index (χ4v) is 2.32. The zero-order valence-corrected chi connectivity index (χ0v) is 12.7. The average Bonchev–Trinajstić information content (AvgIpc) is 2.23. The Morgan fingerprint density at radius 1 is 1.06 bits per heavy atom. The minimum atomic E-state index is -0.0702. The Morgan fingerprint density at radius 2 is 1.72 bits per heavy atom. The van der Waals surface area contributed by atoms with Crippen molar-refractivity contribution in [1.29, 1.82) is 0 Å². The van der Waals surface area contributed by atoms with Gasteiger partial charge in [0, 0.05) is 0 Å². The molecule has 0 amide bonds.